The predicted molar refractivity (Wildman–Crippen MR) is 76.3 cm³/mol. The van der Waals surface area contributed by atoms with Gasteiger partial charge in [0.25, 0.3) is 0 Å². The summed E-state index contributed by atoms with van der Waals surface area (Å²) in [7, 11) is 0. The summed E-state index contributed by atoms with van der Waals surface area (Å²) < 4.78 is 0. The van der Waals surface area contributed by atoms with Crippen molar-refractivity contribution < 1.29 is 0 Å². The average molecular weight is 296 g/mol. The lowest BCUT2D eigenvalue weighted by atomic mass is 10.1. The lowest BCUT2D eigenvalue weighted by Gasteiger charge is -2.24. The van der Waals surface area contributed by atoms with Gasteiger partial charge in [-0.25, -0.2) is 0 Å². The van der Waals surface area contributed by atoms with E-state index in [-0.39, 0.29) is 12.4 Å². The molecule has 1 fully saturated rings. The van der Waals surface area contributed by atoms with Crippen molar-refractivity contribution in [1.29, 1.82) is 0 Å². The fourth-order valence-corrected chi connectivity index (χ4v) is 2.46. The van der Waals surface area contributed by atoms with Crippen molar-refractivity contribution in [3.8, 4) is 0 Å². The van der Waals surface area contributed by atoms with Crippen LogP contribution >= 0.6 is 35.6 Å². The number of halogens is 3. The quantitative estimate of drug-likeness (QED) is 0.904. The van der Waals surface area contributed by atoms with Gasteiger partial charge in [0.15, 0.2) is 0 Å². The average Bonchev–Trinajstić information content (AvgIpc) is 2.68. The number of hydrogen-bond donors (Lipinski definition) is 1. The fraction of sp³-hybridized carbons (Fsp3) is 0.500. The van der Waals surface area contributed by atoms with E-state index in [1.165, 1.54) is 5.56 Å². The van der Waals surface area contributed by atoms with Gasteiger partial charge >= 0.3 is 0 Å². The highest BCUT2D eigenvalue weighted by molar-refractivity contribution is 6.42. The molecule has 5 heteroatoms. The molecule has 2 N–H and O–H groups in total. The topological polar surface area (TPSA) is 29.3 Å². The van der Waals surface area contributed by atoms with Gasteiger partial charge in [-0.1, -0.05) is 29.3 Å². The van der Waals surface area contributed by atoms with E-state index in [0.29, 0.717) is 22.1 Å². The first-order valence-electron chi connectivity index (χ1n) is 5.52. The van der Waals surface area contributed by atoms with E-state index < -0.39 is 0 Å². The minimum absolute atomic E-state index is 0. The summed E-state index contributed by atoms with van der Waals surface area (Å²) >= 11 is 11.9. The van der Waals surface area contributed by atoms with Crippen LogP contribution in [0.1, 0.15) is 24.9 Å². The Morgan fingerprint density at radius 3 is 2.59 bits per heavy atom. The first-order chi connectivity index (χ1) is 7.58. The third-order valence-electron chi connectivity index (χ3n) is 3.23. The van der Waals surface area contributed by atoms with Crippen molar-refractivity contribution in [3.05, 3.63) is 33.8 Å². The summed E-state index contributed by atoms with van der Waals surface area (Å²) in [5.74, 6) is 0. The molecule has 2 rings (SSSR count). The van der Waals surface area contributed by atoms with Crippen LogP contribution < -0.4 is 5.73 Å². The summed E-state index contributed by atoms with van der Waals surface area (Å²) in [5.41, 5.74) is 7.10. The van der Waals surface area contributed by atoms with Gasteiger partial charge in [0.05, 0.1) is 10.0 Å². The lowest BCUT2D eigenvalue weighted by Crippen LogP contribution is -2.28. The Morgan fingerprint density at radius 1 is 1.35 bits per heavy atom. The number of likely N-dealkylation sites (tertiary alicyclic amines) is 1. The molecule has 1 aromatic carbocycles. The molecule has 17 heavy (non-hydrogen) atoms. The molecule has 0 saturated carbocycles. The minimum Gasteiger partial charge on any atom is -0.326 e. The van der Waals surface area contributed by atoms with E-state index in [0.717, 1.165) is 19.5 Å². The van der Waals surface area contributed by atoms with Gasteiger partial charge in [-0.15, -0.1) is 12.4 Å². The van der Waals surface area contributed by atoms with E-state index in [9.17, 15) is 0 Å². The number of nitrogens with zero attached hydrogens (tertiary/aromatic N) is 1. The largest absolute Gasteiger partial charge is 0.326 e. The molecule has 1 aliphatic heterocycles. The smallest absolute Gasteiger partial charge is 0.0595 e. The van der Waals surface area contributed by atoms with E-state index in [1.54, 1.807) is 0 Å². The molecular formula is C12H17Cl3N2. The van der Waals surface area contributed by atoms with Crippen LogP contribution in [-0.4, -0.2) is 24.0 Å². The first kappa shape index (κ1) is 15.1. The molecule has 0 aromatic heterocycles. The highest BCUT2D eigenvalue weighted by atomic mass is 35.5. The molecular weight excluding hydrogens is 279 g/mol. The number of hydrogen-bond acceptors (Lipinski definition) is 2. The second-order valence-electron chi connectivity index (χ2n) is 4.39. The van der Waals surface area contributed by atoms with Crippen LogP contribution in [0.15, 0.2) is 18.2 Å². The van der Waals surface area contributed by atoms with Gasteiger partial charge in [0.2, 0.25) is 0 Å². The van der Waals surface area contributed by atoms with Crippen LogP contribution in [0, 0.1) is 0 Å². The minimum atomic E-state index is 0. The van der Waals surface area contributed by atoms with Crippen molar-refractivity contribution in [2.24, 2.45) is 5.73 Å². The molecule has 1 saturated heterocycles. The third kappa shape index (κ3) is 3.49. The van der Waals surface area contributed by atoms with Crippen molar-refractivity contribution in [2.75, 3.05) is 13.1 Å². The second kappa shape index (κ2) is 6.26. The van der Waals surface area contributed by atoms with Gasteiger partial charge in [-0.3, -0.25) is 4.90 Å². The molecule has 1 aliphatic rings. The molecule has 2 atom stereocenters. The van der Waals surface area contributed by atoms with Crippen LogP contribution in [0.25, 0.3) is 0 Å². The Balaban J connectivity index is 0.00000144. The Morgan fingerprint density at radius 2 is 2.06 bits per heavy atom. The summed E-state index contributed by atoms with van der Waals surface area (Å²) in [6, 6.07) is 6.49. The maximum atomic E-state index is 6.02. The van der Waals surface area contributed by atoms with Gasteiger partial charge in [-0.05, 0) is 31.0 Å². The van der Waals surface area contributed by atoms with E-state index in [4.69, 9.17) is 28.9 Å². The first-order valence-corrected chi connectivity index (χ1v) is 6.28. The van der Waals surface area contributed by atoms with E-state index in [2.05, 4.69) is 11.8 Å². The molecule has 1 aromatic rings. The Bertz CT molecular complexity index is 384. The number of benzene rings is 1. The standard InChI is InChI=1S/C12H16Cl2N2.ClH/c1-8(16-5-4-10(15)7-16)9-2-3-11(13)12(14)6-9;/h2-3,6,8,10H,4-5,7,15H2,1H3;1H. The molecule has 2 unspecified atom stereocenters. The fourth-order valence-electron chi connectivity index (χ4n) is 2.15. The normalized spacial score (nSPS) is 22.2. The highest BCUT2D eigenvalue weighted by Crippen LogP contribution is 2.29. The molecule has 0 amide bonds. The van der Waals surface area contributed by atoms with Crippen LogP contribution in [0.5, 0.6) is 0 Å². The Hall–Kier alpha value is 0.01000. The van der Waals surface area contributed by atoms with Crippen molar-refractivity contribution in [1.82, 2.24) is 4.90 Å². The highest BCUT2D eigenvalue weighted by Gasteiger charge is 2.24. The SMILES string of the molecule is CC(c1ccc(Cl)c(Cl)c1)N1CCC(N)C1.Cl. The predicted octanol–water partition coefficient (Wildman–Crippen LogP) is 3.51. The van der Waals surface area contributed by atoms with Crippen molar-refractivity contribution in [3.63, 3.8) is 0 Å². The van der Waals surface area contributed by atoms with Crippen molar-refractivity contribution in [2.45, 2.75) is 25.4 Å². The summed E-state index contributed by atoms with van der Waals surface area (Å²) in [6.07, 6.45) is 1.08. The lowest BCUT2D eigenvalue weighted by molar-refractivity contribution is 0.260. The molecule has 0 radical (unpaired) electrons. The molecule has 2 nitrogen and oxygen atoms in total. The van der Waals surface area contributed by atoms with E-state index >= 15 is 0 Å². The van der Waals surface area contributed by atoms with Gasteiger partial charge < -0.3 is 5.73 Å². The van der Waals surface area contributed by atoms with Crippen molar-refractivity contribution >= 4 is 35.6 Å². The maximum Gasteiger partial charge on any atom is 0.0595 e. The zero-order chi connectivity index (χ0) is 11.7. The third-order valence-corrected chi connectivity index (χ3v) is 3.97. The second-order valence-corrected chi connectivity index (χ2v) is 5.21. The zero-order valence-electron chi connectivity index (χ0n) is 9.70. The van der Waals surface area contributed by atoms with Gasteiger partial charge in [-0.2, -0.15) is 0 Å². The van der Waals surface area contributed by atoms with Gasteiger partial charge in [0, 0.05) is 25.2 Å². The molecule has 96 valence electrons. The van der Waals surface area contributed by atoms with Crippen LogP contribution in [0.3, 0.4) is 0 Å². The molecule has 1 heterocycles. The Labute approximate surface area is 118 Å². The van der Waals surface area contributed by atoms with Crippen LogP contribution in [0.4, 0.5) is 0 Å². The monoisotopic (exact) mass is 294 g/mol. The number of rotatable bonds is 2. The summed E-state index contributed by atoms with van der Waals surface area (Å²) in [6.45, 7) is 4.20. The van der Waals surface area contributed by atoms with Crippen LogP contribution in [0.2, 0.25) is 10.0 Å². The zero-order valence-corrected chi connectivity index (χ0v) is 12.0. The Kier molecular flexibility index (Phi) is 5.55. The van der Waals surface area contributed by atoms with Crippen LogP contribution in [-0.2, 0) is 0 Å². The molecule has 0 aliphatic carbocycles. The molecule has 0 spiro atoms. The summed E-state index contributed by atoms with van der Waals surface area (Å²) in [4.78, 5) is 2.38. The maximum absolute atomic E-state index is 6.02. The summed E-state index contributed by atoms with van der Waals surface area (Å²) in [5, 5.41) is 1.23. The number of nitrogens with two attached hydrogens (primary N) is 1. The van der Waals surface area contributed by atoms with Gasteiger partial charge in [0.1, 0.15) is 0 Å². The van der Waals surface area contributed by atoms with E-state index in [1.807, 2.05) is 18.2 Å². The molecule has 0 bridgehead atoms.